The summed E-state index contributed by atoms with van der Waals surface area (Å²) >= 11 is 0. The van der Waals surface area contributed by atoms with Gasteiger partial charge in [0.25, 0.3) is 5.91 Å². The van der Waals surface area contributed by atoms with Gasteiger partial charge in [-0.05, 0) is 31.2 Å². The van der Waals surface area contributed by atoms with Crippen LogP contribution in [-0.2, 0) is 9.59 Å². The fourth-order valence-electron chi connectivity index (χ4n) is 5.28. The van der Waals surface area contributed by atoms with Gasteiger partial charge in [-0.25, -0.2) is 0 Å². The SMILES string of the molecule is N#C[C@H](C[C@@H]1CCNC1=O)NC(=O)[C@@H](CC1CCCCC1)c1c(C(N)=O)oc2ccccc12. The summed E-state index contributed by atoms with van der Waals surface area (Å²) in [6.45, 7) is 0.586. The van der Waals surface area contributed by atoms with E-state index >= 15 is 0 Å². The van der Waals surface area contributed by atoms with E-state index in [0.717, 1.165) is 25.7 Å². The van der Waals surface area contributed by atoms with Gasteiger partial charge in [0.15, 0.2) is 5.76 Å². The summed E-state index contributed by atoms with van der Waals surface area (Å²) in [5.74, 6) is -1.77. The van der Waals surface area contributed by atoms with Crippen LogP contribution >= 0.6 is 0 Å². The van der Waals surface area contributed by atoms with E-state index < -0.39 is 17.9 Å². The van der Waals surface area contributed by atoms with E-state index in [1.165, 1.54) is 6.42 Å². The first kappa shape index (κ1) is 22.8. The molecule has 33 heavy (non-hydrogen) atoms. The number of nitrogens with one attached hydrogen (secondary N) is 2. The summed E-state index contributed by atoms with van der Waals surface area (Å²) in [4.78, 5) is 37.8. The molecule has 2 fully saturated rings. The molecular formula is C25H30N4O4. The lowest BCUT2D eigenvalue weighted by Gasteiger charge is -2.27. The summed E-state index contributed by atoms with van der Waals surface area (Å²) in [6, 6.07) is 8.54. The lowest BCUT2D eigenvalue weighted by Crippen LogP contribution is -2.40. The Morgan fingerprint density at radius 3 is 2.61 bits per heavy atom. The average molecular weight is 451 g/mol. The molecule has 8 nitrogen and oxygen atoms in total. The number of nitrogens with two attached hydrogens (primary N) is 1. The number of fused-ring (bicyclic) bond motifs is 1. The molecule has 1 saturated heterocycles. The summed E-state index contributed by atoms with van der Waals surface area (Å²) in [6.07, 6.45) is 6.93. The number of hydrogen-bond donors (Lipinski definition) is 3. The summed E-state index contributed by atoms with van der Waals surface area (Å²) in [7, 11) is 0. The topological polar surface area (TPSA) is 138 Å². The lowest BCUT2D eigenvalue weighted by molar-refractivity contribution is -0.125. The molecule has 1 aliphatic carbocycles. The number of carbonyl (C=O) groups is 3. The molecule has 2 aliphatic rings. The van der Waals surface area contributed by atoms with Crippen molar-refractivity contribution in [2.45, 2.75) is 63.3 Å². The molecule has 4 rings (SSSR count). The molecular weight excluding hydrogens is 420 g/mol. The van der Waals surface area contributed by atoms with Crippen molar-refractivity contribution < 1.29 is 18.8 Å². The monoisotopic (exact) mass is 450 g/mol. The van der Waals surface area contributed by atoms with Crippen LogP contribution in [0.2, 0.25) is 0 Å². The van der Waals surface area contributed by atoms with Gasteiger partial charge >= 0.3 is 0 Å². The van der Waals surface area contributed by atoms with Crippen LogP contribution < -0.4 is 16.4 Å². The van der Waals surface area contributed by atoms with Gasteiger partial charge in [0, 0.05) is 23.4 Å². The third-order valence-electron chi connectivity index (χ3n) is 6.97. The summed E-state index contributed by atoms with van der Waals surface area (Å²) in [5.41, 5.74) is 6.64. The van der Waals surface area contributed by atoms with Gasteiger partial charge in [0.2, 0.25) is 11.8 Å². The standard InChI is InChI=1S/C25H30N4O4/c26-14-17(13-16-10-11-28-24(16)31)29-25(32)19(12-15-6-2-1-3-7-15)21-18-8-4-5-9-20(18)33-22(21)23(27)30/h4-5,8-9,15-17,19H,1-3,6-7,10-13H2,(H2,27,30)(H,28,31)(H,29,32)/t16-,17-,19-/m0/s1. The van der Waals surface area contributed by atoms with E-state index in [1.54, 1.807) is 12.1 Å². The van der Waals surface area contributed by atoms with E-state index in [0.29, 0.717) is 41.8 Å². The molecule has 0 bridgehead atoms. The quantitative estimate of drug-likeness (QED) is 0.567. The number of hydrogen-bond acceptors (Lipinski definition) is 5. The Bertz CT molecular complexity index is 1080. The van der Waals surface area contributed by atoms with Crippen LogP contribution in [0.4, 0.5) is 0 Å². The molecule has 8 heteroatoms. The highest BCUT2D eigenvalue weighted by molar-refractivity contribution is 6.02. The summed E-state index contributed by atoms with van der Waals surface area (Å²) in [5, 5.41) is 16.0. The molecule has 2 heterocycles. The van der Waals surface area contributed by atoms with Gasteiger partial charge in [0.1, 0.15) is 11.6 Å². The maximum atomic E-state index is 13.6. The van der Waals surface area contributed by atoms with Crippen molar-refractivity contribution in [3.8, 4) is 6.07 Å². The second kappa shape index (κ2) is 10.1. The molecule has 3 atom stereocenters. The van der Waals surface area contributed by atoms with Crippen molar-refractivity contribution in [2.75, 3.05) is 6.54 Å². The van der Waals surface area contributed by atoms with E-state index in [2.05, 4.69) is 16.7 Å². The van der Waals surface area contributed by atoms with Crippen LogP contribution in [0.5, 0.6) is 0 Å². The third kappa shape index (κ3) is 5.03. The number of nitrogens with zero attached hydrogens (tertiary/aromatic N) is 1. The second-order valence-electron chi connectivity index (χ2n) is 9.20. The number of furan rings is 1. The van der Waals surface area contributed by atoms with Crippen LogP contribution in [0.25, 0.3) is 11.0 Å². The maximum Gasteiger partial charge on any atom is 0.284 e. The van der Waals surface area contributed by atoms with Crippen LogP contribution in [0.1, 0.15) is 73.4 Å². The average Bonchev–Trinajstić information content (AvgIpc) is 3.41. The molecule has 1 saturated carbocycles. The largest absolute Gasteiger partial charge is 0.451 e. The van der Waals surface area contributed by atoms with Crippen molar-refractivity contribution >= 4 is 28.7 Å². The van der Waals surface area contributed by atoms with Gasteiger partial charge in [0.05, 0.1) is 12.0 Å². The number of primary amides is 1. The molecule has 0 unspecified atom stereocenters. The minimum absolute atomic E-state index is 0.00385. The molecule has 1 aromatic carbocycles. The number of rotatable bonds is 8. The Balaban J connectivity index is 1.65. The van der Waals surface area contributed by atoms with Gasteiger partial charge in [-0.2, -0.15) is 5.26 Å². The summed E-state index contributed by atoms with van der Waals surface area (Å²) < 4.78 is 5.76. The van der Waals surface area contributed by atoms with Crippen molar-refractivity contribution in [1.29, 1.82) is 5.26 Å². The maximum absolute atomic E-state index is 13.6. The van der Waals surface area contributed by atoms with E-state index in [4.69, 9.17) is 10.2 Å². The van der Waals surface area contributed by atoms with Gasteiger partial charge < -0.3 is 20.8 Å². The number of carbonyl (C=O) groups excluding carboxylic acids is 3. The molecule has 174 valence electrons. The third-order valence-corrected chi connectivity index (χ3v) is 6.97. The molecule has 4 N–H and O–H groups in total. The predicted octanol–water partition coefficient (Wildman–Crippen LogP) is 3.12. The van der Waals surface area contributed by atoms with Crippen molar-refractivity contribution in [2.24, 2.45) is 17.6 Å². The number of benzene rings is 1. The van der Waals surface area contributed by atoms with Crippen LogP contribution in [0.15, 0.2) is 28.7 Å². The first-order valence-electron chi connectivity index (χ1n) is 11.8. The molecule has 1 aromatic heterocycles. The van der Waals surface area contributed by atoms with Crippen molar-refractivity contribution in [3.05, 3.63) is 35.6 Å². The van der Waals surface area contributed by atoms with Gasteiger partial charge in [-0.15, -0.1) is 0 Å². The highest BCUT2D eigenvalue weighted by Gasteiger charge is 2.35. The highest BCUT2D eigenvalue weighted by Crippen LogP contribution is 2.39. The van der Waals surface area contributed by atoms with Gasteiger partial charge in [-0.1, -0.05) is 50.3 Å². The zero-order chi connectivity index (χ0) is 23.4. The van der Waals surface area contributed by atoms with Crippen molar-refractivity contribution in [3.63, 3.8) is 0 Å². The van der Waals surface area contributed by atoms with Gasteiger partial charge in [-0.3, -0.25) is 14.4 Å². The smallest absolute Gasteiger partial charge is 0.284 e. The van der Waals surface area contributed by atoms with E-state index in [1.807, 2.05) is 12.1 Å². The fourth-order valence-corrected chi connectivity index (χ4v) is 5.28. The molecule has 1 aliphatic heterocycles. The highest BCUT2D eigenvalue weighted by atomic mass is 16.3. The van der Waals surface area contributed by atoms with E-state index in [-0.39, 0.29) is 29.9 Å². The Morgan fingerprint density at radius 1 is 1.18 bits per heavy atom. The molecule has 0 radical (unpaired) electrons. The first-order chi connectivity index (χ1) is 16.0. The van der Waals surface area contributed by atoms with Crippen molar-refractivity contribution in [1.82, 2.24) is 10.6 Å². The Kier molecular flexibility index (Phi) is 6.97. The van der Waals surface area contributed by atoms with E-state index in [9.17, 15) is 19.6 Å². The minimum Gasteiger partial charge on any atom is -0.451 e. The Labute approximate surface area is 192 Å². The van der Waals surface area contributed by atoms with Crippen LogP contribution in [0, 0.1) is 23.2 Å². The first-order valence-corrected chi connectivity index (χ1v) is 11.8. The Hall–Kier alpha value is -3.34. The molecule has 3 amide bonds. The molecule has 2 aromatic rings. The number of amides is 3. The normalized spacial score (nSPS) is 20.7. The predicted molar refractivity (Wildman–Crippen MR) is 122 cm³/mol. The second-order valence-corrected chi connectivity index (χ2v) is 9.20. The number of para-hydroxylation sites is 1. The van der Waals surface area contributed by atoms with Crippen LogP contribution in [0.3, 0.4) is 0 Å². The zero-order valence-corrected chi connectivity index (χ0v) is 18.6. The zero-order valence-electron chi connectivity index (χ0n) is 18.6. The lowest BCUT2D eigenvalue weighted by atomic mass is 9.79. The van der Waals surface area contributed by atoms with Crippen LogP contribution in [-0.4, -0.2) is 30.3 Å². The fraction of sp³-hybridized carbons (Fsp3) is 0.520. The number of nitriles is 1. The Morgan fingerprint density at radius 2 is 1.94 bits per heavy atom. The molecule has 0 spiro atoms. The minimum atomic E-state index is -0.796.